The van der Waals surface area contributed by atoms with Crippen molar-refractivity contribution in [3.8, 4) is 39.9 Å². The highest BCUT2D eigenvalue weighted by atomic mass is 32.1. The molecule has 0 N–H and O–H groups in total. The first-order valence-electron chi connectivity index (χ1n) is 16.9. The molecule has 0 amide bonds. The summed E-state index contributed by atoms with van der Waals surface area (Å²) in [6, 6.07) is 56.0. The van der Waals surface area contributed by atoms with E-state index in [0.29, 0.717) is 17.5 Å². The Morgan fingerprint density at radius 2 is 0.941 bits per heavy atom. The fourth-order valence-corrected chi connectivity index (χ4v) is 9.80. The standard InChI is InChI=1S/C45H26N4S2/c1-3-11-27(12-4-1)43-46-44(28-13-5-2-6-14-28)48-45(47-43)29-19-21-32-33-22-20-30(26-40(33)51-39(32)25-29)49-36-17-9-7-15-31(36)34-23-24-38-41(42(34)49)35-16-8-10-18-37(35)50-38/h1-26H. The van der Waals surface area contributed by atoms with E-state index in [1.54, 1.807) is 0 Å². The van der Waals surface area contributed by atoms with Crippen LogP contribution >= 0.6 is 22.7 Å². The first-order chi connectivity index (χ1) is 25.3. The Morgan fingerprint density at radius 1 is 0.373 bits per heavy atom. The summed E-state index contributed by atoms with van der Waals surface area (Å²) in [4.78, 5) is 14.9. The van der Waals surface area contributed by atoms with Crippen molar-refractivity contribution < 1.29 is 0 Å². The number of thiophene rings is 2. The van der Waals surface area contributed by atoms with E-state index in [4.69, 9.17) is 15.0 Å². The SMILES string of the molecule is c1ccc(-c2nc(-c3ccccc3)nc(-c3ccc4c(c3)sc3cc(-n5c6ccccc6c6ccc7sc8ccccc8c7c65)ccc34)n2)cc1. The van der Waals surface area contributed by atoms with Gasteiger partial charge in [0.2, 0.25) is 0 Å². The molecule has 4 nitrogen and oxygen atoms in total. The van der Waals surface area contributed by atoms with Gasteiger partial charge in [-0.25, -0.2) is 15.0 Å². The summed E-state index contributed by atoms with van der Waals surface area (Å²) in [7, 11) is 0. The minimum atomic E-state index is 0.666. The molecule has 0 aliphatic heterocycles. The molecule has 0 spiro atoms. The van der Waals surface area contributed by atoms with E-state index in [-0.39, 0.29) is 0 Å². The topological polar surface area (TPSA) is 43.6 Å². The molecule has 4 heterocycles. The minimum Gasteiger partial charge on any atom is -0.309 e. The van der Waals surface area contributed by atoms with Gasteiger partial charge in [0.1, 0.15) is 0 Å². The van der Waals surface area contributed by atoms with Crippen molar-refractivity contribution in [1.82, 2.24) is 19.5 Å². The second kappa shape index (κ2) is 11.2. The van der Waals surface area contributed by atoms with E-state index < -0.39 is 0 Å². The summed E-state index contributed by atoms with van der Waals surface area (Å²) in [5.41, 5.74) is 6.56. The van der Waals surface area contributed by atoms with Gasteiger partial charge in [0.25, 0.3) is 0 Å². The van der Waals surface area contributed by atoms with Gasteiger partial charge in [-0.05, 0) is 36.4 Å². The molecule has 0 bridgehead atoms. The Bertz CT molecular complexity index is 3080. The van der Waals surface area contributed by atoms with Gasteiger partial charge in [-0.1, -0.05) is 121 Å². The van der Waals surface area contributed by atoms with Crippen LogP contribution in [0.1, 0.15) is 0 Å². The number of hydrogen-bond donors (Lipinski definition) is 0. The molecule has 0 aliphatic rings. The molecule has 0 aliphatic carbocycles. The maximum atomic E-state index is 4.99. The zero-order valence-corrected chi connectivity index (χ0v) is 28.7. The predicted octanol–water partition coefficient (Wildman–Crippen LogP) is 12.7. The van der Waals surface area contributed by atoms with Crippen molar-refractivity contribution >= 4 is 84.8 Å². The molecule has 0 saturated carbocycles. The Labute approximate surface area is 300 Å². The minimum absolute atomic E-state index is 0.666. The highest BCUT2D eigenvalue weighted by Crippen LogP contribution is 2.44. The lowest BCUT2D eigenvalue weighted by atomic mass is 10.1. The lowest BCUT2D eigenvalue weighted by Gasteiger charge is -2.09. The third-order valence-electron chi connectivity index (χ3n) is 9.85. The smallest absolute Gasteiger partial charge is 0.164 e. The quantitative estimate of drug-likeness (QED) is 0.185. The van der Waals surface area contributed by atoms with Gasteiger partial charge in [0.05, 0.1) is 11.0 Å². The first kappa shape index (κ1) is 28.6. The molecular formula is C45H26N4S2. The zero-order chi connectivity index (χ0) is 33.5. The molecule has 51 heavy (non-hydrogen) atoms. The summed E-state index contributed by atoms with van der Waals surface area (Å²) in [6.07, 6.45) is 0. The number of fused-ring (bicyclic) bond motifs is 10. The molecule has 0 saturated heterocycles. The molecule has 238 valence electrons. The highest BCUT2D eigenvalue weighted by Gasteiger charge is 2.19. The Hall–Kier alpha value is -6.21. The summed E-state index contributed by atoms with van der Waals surface area (Å²) in [6.45, 7) is 0. The van der Waals surface area contributed by atoms with Crippen LogP contribution in [0, 0.1) is 0 Å². The number of benzene rings is 7. The van der Waals surface area contributed by atoms with Crippen molar-refractivity contribution in [2.75, 3.05) is 0 Å². The number of rotatable bonds is 4. The van der Waals surface area contributed by atoms with E-state index in [0.717, 1.165) is 16.7 Å². The number of para-hydroxylation sites is 1. The van der Waals surface area contributed by atoms with E-state index in [1.807, 2.05) is 83.3 Å². The normalized spacial score (nSPS) is 11.9. The fraction of sp³-hybridized carbons (Fsp3) is 0. The van der Waals surface area contributed by atoms with Crippen LogP contribution in [0.3, 0.4) is 0 Å². The number of aromatic nitrogens is 4. The maximum absolute atomic E-state index is 4.99. The summed E-state index contributed by atoms with van der Waals surface area (Å²) >= 11 is 3.69. The third kappa shape index (κ3) is 4.47. The van der Waals surface area contributed by atoms with E-state index in [9.17, 15) is 0 Å². The molecule has 11 rings (SSSR count). The molecule has 0 fully saturated rings. The molecule has 0 radical (unpaired) electrons. The van der Waals surface area contributed by atoms with Gasteiger partial charge >= 0.3 is 0 Å². The molecule has 0 unspecified atom stereocenters. The van der Waals surface area contributed by atoms with Crippen LogP contribution in [-0.2, 0) is 0 Å². The number of hydrogen-bond acceptors (Lipinski definition) is 5. The largest absolute Gasteiger partial charge is 0.309 e. The summed E-state index contributed by atoms with van der Waals surface area (Å²) < 4.78 is 7.56. The molecule has 4 aromatic heterocycles. The Morgan fingerprint density at radius 3 is 1.69 bits per heavy atom. The van der Waals surface area contributed by atoms with Crippen LogP contribution in [0.5, 0.6) is 0 Å². The van der Waals surface area contributed by atoms with Crippen molar-refractivity contribution in [1.29, 1.82) is 0 Å². The molecular weight excluding hydrogens is 661 g/mol. The van der Waals surface area contributed by atoms with Gasteiger partial charge in [-0.3, -0.25) is 0 Å². The highest BCUT2D eigenvalue weighted by molar-refractivity contribution is 7.26. The first-order valence-corrected chi connectivity index (χ1v) is 18.6. The summed E-state index contributed by atoms with van der Waals surface area (Å²) in [5.74, 6) is 2.00. The van der Waals surface area contributed by atoms with Gasteiger partial charge in [0, 0.05) is 73.5 Å². The molecule has 6 heteroatoms. The second-order valence-corrected chi connectivity index (χ2v) is 15.0. The lowest BCUT2D eigenvalue weighted by Crippen LogP contribution is -1.99. The Balaban J connectivity index is 1.10. The van der Waals surface area contributed by atoms with Crippen LogP contribution in [0.2, 0.25) is 0 Å². The van der Waals surface area contributed by atoms with Gasteiger partial charge in [-0.15, -0.1) is 22.7 Å². The van der Waals surface area contributed by atoms with Crippen LogP contribution < -0.4 is 0 Å². The Kier molecular flexibility index (Phi) is 6.26. The molecule has 11 aromatic rings. The monoisotopic (exact) mass is 686 g/mol. The molecule has 7 aromatic carbocycles. The van der Waals surface area contributed by atoms with Crippen molar-refractivity contribution in [2.24, 2.45) is 0 Å². The average molecular weight is 687 g/mol. The van der Waals surface area contributed by atoms with Gasteiger partial charge in [0.15, 0.2) is 17.5 Å². The maximum Gasteiger partial charge on any atom is 0.164 e. The van der Waals surface area contributed by atoms with E-state index in [2.05, 4.69) is 102 Å². The third-order valence-corrected chi connectivity index (χ3v) is 12.1. The van der Waals surface area contributed by atoms with Crippen molar-refractivity contribution in [3.05, 3.63) is 158 Å². The van der Waals surface area contributed by atoms with Gasteiger partial charge in [-0.2, -0.15) is 0 Å². The van der Waals surface area contributed by atoms with E-state index in [1.165, 1.54) is 67.8 Å². The van der Waals surface area contributed by atoms with Crippen molar-refractivity contribution in [3.63, 3.8) is 0 Å². The predicted molar refractivity (Wildman–Crippen MR) is 216 cm³/mol. The van der Waals surface area contributed by atoms with Crippen LogP contribution in [0.15, 0.2) is 158 Å². The molecule has 0 atom stereocenters. The lowest BCUT2D eigenvalue weighted by molar-refractivity contribution is 1.07. The van der Waals surface area contributed by atoms with Crippen LogP contribution in [-0.4, -0.2) is 19.5 Å². The van der Waals surface area contributed by atoms with Crippen LogP contribution in [0.25, 0.3) is 102 Å². The summed E-state index contributed by atoms with van der Waals surface area (Å²) in [5, 5.41) is 7.68. The van der Waals surface area contributed by atoms with Gasteiger partial charge < -0.3 is 4.57 Å². The van der Waals surface area contributed by atoms with E-state index >= 15 is 0 Å². The number of nitrogens with zero attached hydrogens (tertiary/aromatic N) is 4. The fourth-order valence-electron chi connectivity index (χ4n) is 7.51. The second-order valence-electron chi connectivity index (χ2n) is 12.8. The van der Waals surface area contributed by atoms with Crippen molar-refractivity contribution in [2.45, 2.75) is 0 Å². The van der Waals surface area contributed by atoms with Crippen LogP contribution in [0.4, 0.5) is 0 Å². The zero-order valence-electron chi connectivity index (χ0n) is 27.1. The average Bonchev–Trinajstić information content (AvgIpc) is 3.87.